The fourth-order valence-corrected chi connectivity index (χ4v) is 4.95. The lowest BCUT2D eigenvalue weighted by molar-refractivity contribution is -0.138. The fourth-order valence-electron chi connectivity index (χ4n) is 4.82. The summed E-state index contributed by atoms with van der Waals surface area (Å²) in [5.41, 5.74) is 1.45. The molecular formula is C28H34ClN3O2. The van der Waals surface area contributed by atoms with E-state index >= 15 is 0 Å². The highest BCUT2D eigenvalue weighted by atomic mass is 35.5. The van der Waals surface area contributed by atoms with Gasteiger partial charge in [-0.2, -0.15) is 5.26 Å². The topological polar surface area (TPSA) is 73.2 Å². The molecule has 0 aromatic heterocycles. The molecule has 2 aromatic rings. The number of nitrogens with zero attached hydrogens (tertiary/aromatic N) is 2. The average molecular weight is 480 g/mol. The summed E-state index contributed by atoms with van der Waals surface area (Å²) in [5, 5.41) is 13.7. The first kappa shape index (κ1) is 25.8. The highest BCUT2D eigenvalue weighted by Crippen LogP contribution is 2.37. The molecule has 1 aliphatic heterocycles. The Morgan fingerprint density at radius 2 is 1.85 bits per heavy atom. The molecular weight excluding hydrogens is 446 g/mol. The van der Waals surface area contributed by atoms with Crippen molar-refractivity contribution in [1.82, 2.24) is 10.2 Å². The molecule has 1 heterocycles. The van der Waals surface area contributed by atoms with Crippen LogP contribution in [0, 0.1) is 17.2 Å². The van der Waals surface area contributed by atoms with Crippen LogP contribution in [0.15, 0.2) is 54.6 Å². The van der Waals surface area contributed by atoms with Gasteiger partial charge in [-0.1, -0.05) is 74.3 Å². The number of hydrogen-bond donors (Lipinski definition) is 1. The number of benzene rings is 2. The van der Waals surface area contributed by atoms with Gasteiger partial charge in [0.1, 0.15) is 6.04 Å². The Bertz CT molecular complexity index is 1000. The molecule has 0 aliphatic carbocycles. The summed E-state index contributed by atoms with van der Waals surface area (Å²) in [4.78, 5) is 27.4. The van der Waals surface area contributed by atoms with E-state index in [0.29, 0.717) is 43.8 Å². The minimum absolute atomic E-state index is 0.0240. The summed E-state index contributed by atoms with van der Waals surface area (Å²) < 4.78 is 0. The van der Waals surface area contributed by atoms with Crippen LogP contribution in [0.3, 0.4) is 0 Å². The summed E-state index contributed by atoms with van der Waals surface area (Å²) in [6.45, 7) is 5.20. The summed E-state index contributed by atoms with van der Waals surface area (Å²) in [6.07, 6.45) is 4.13. The Morgan fingerprint density at radius 1 is 1.15 bits per heavy atom. The van der Waals surface area contributed by atoms with Gasteiger partial charge in [0.25, 0.3) is 0 Å². The number of unbranched alkanes of at least 4 members (excludes halogenated alkanes) is 1. The van der Waals surface area contributed by atoms with E-state index in [-0.39, 0.29) is 17.7 Å². The second-order valence-electron chi connectivity index (χ2n) is 9.40. The normalized spacial score (nSPS) is 17.3. The molecule has 34 heavy (non-hydrogen) atoms. The Balaban J connectivity index is 1.51. The molecule has 1 N–H and O–H groups in total. The van der Waals surface area contributed by atoms with Crippen LogP contribution < -0.4 is 5.32 Å². The maximum absolute atomic E-state index is 12.9. The Labute approximate surface area is 208 Å². The van der Waals surface area contributed by atoms with Crippen molar-refractivity contribution in [3.8, 4) is 6.07 Å². The monoisotopic (exact) mass is 479 g/mol. The van der Waals surface area contributed by atoms with Crippen LogP contribution >= 0.6 is 11.6 Å². The van der Waals surface area contributed by atoms with Crippen molar-refractivity contribution >= 4 is 23.4 Å². The minimum Gasteiger partial charge on any atom is -0.350 e. The molecule has 0 radical (unpaired) electrons. The smallest absolute Gasteiger partial charge is 0.243 e. The summed E-state index contributed by atoms with van der Waals surface area (Å²) in [6, 6.07) is 19.5. The van der Waals surface area contributed by atoms with E-state index < -0.39 is 11.5 Å². The van der Waals surface area contributed by atoms with Crippen LogP contribution in [-0.2, 0) is 21.5 Å². The molecule has 0 spiro atoms. The number of hydrogen-bond acceptors (Lipinski definition) is 3. The third kappa shape index (κ3) is 6.18. The predicted molar refractivity (Wildman–Crippen MR) is 135 cm³/mol. The first-order chi connectivity index (χ1) is 16.4. The molecule has 0 saturated carbocycles. The van der Waals surface area contributed by atoms with E-state index in [0.717, 1.165) is 24.0 Å². The molecule has 2 aromatic carbocycles. The second kappa shape index (κ2) is 12.0. The highest BCUT2D eigenvalue weighted by molar-refractivity contribution is 6.30. The predicted octanol–water partition coefficient (Wildman–Crippen LogP) is 5.63. The molecule has 1 saturated heterocycles. The number of nitrogens with one attached hydrogen (secondary N) is 1. The zero-order valence-electron chi connectivity index (χ0n) is 20.1. The van der Waals surface area contributed by atoms with Gasteiger partial charge in [-0.25, -0.2) is 0 Å². The Kier molecular flexibility index (Phi) is 9.12. The number of carbonyl (C=O) groups excluding carboxylic acids is 2. The van der Waals surface area contributed by atoms with Gasteiger partial charge in [0.2, 0.25) is 11.8 Å². The van der Waals surface area contributed by atoms with Crippen LogP contribution in [0.4, 0.5) is 0 Å². The van der Waals surface area contributed by atoms with E-state index in [9.17, 15) is 14.9 Å². The van der Waals surface area contributed by atoms with Crippen LogP contribution in [0.25, 0.3) is 0 Å². The quantitative estimate of drug-likeness (QED) is 0.449. The number of rotatable bonds is 10. The van der Waals surface area contributed by atoms with Gasteiger partial charge in [-0.15, -0.1) is 0 Å². The lowest BCUT2D eigenvalue weighted by Gasteiger charge is -2.31. The van der Waals surface area contributed by atoms with Gasteiger partial charge in [0.15, 0.2) is 0 Å². The largest absolute Gasteiger partial charge is 0.350 e. The SMILES string of the molecule is CC(C)C(C#N)(CCCCC(=O)N1CCC[C@@H]1C(=O)NCc1ccc(Cl)cc1)c1ccccc1. The van der Waals surface area contributed by atoms with Crippen LogP contribution in [0.1, 0.15) is 63.5 Å². The summed E-state index contributed by atoms with van der Waals surface area (Å²) in [5.74, 6) is 0.0899. The third-order valence-electron chi connectivity index (χ3n) is 6.94. The molecule has 1 fully saturated rings. The molecule has 2 atom stereocenters. The maximum Gasteiger partial charge on any atom is 0.243 e. The Morgan fingerprint density at radius 3 is 2.50 bits per heavy atom. The lowest BCUT2D eigenvalue weighted by Crippen LogP contribution is -2.45. The van der Waals surface area contributed by atoms with Crippen LogP contribution in [0.2, 0.25) is 5.02 Å². The van der Waals surface area contributed by atoms with Gasteiger partial charge >= 0.3 is 0 Å². The van der Waals surface area contributed by atoms with Crippen molar-refractivity contribution in [2.45, 2.75) is 70.4 Å². The second-order valence-corrected chi connectivity index (χ2v) is 9.84. The molecule has 0 bridgehead atoms. The fraction of sp³-hybridized carbons (Fsp3) is 0.464. The molecule has 2 amide bonds. The zero-order chi connectivity index (χ0) is 24.6. The van der Waals surface area contributed by atoms with E-state index in [1.807, 2.05) is 42.5 Å². The van der Waals surface area contributed by atoms with Gasteiger partial charge in [-0.05, 0) is 54.9 Å². The molecule has 1 aliphatic rings. The van der Waals surface area contributed by atoms with E-state index in [2.05, 4.69) is 25.2 Å². The van der Waals surface area contributed by atoms with Gasteiger partial charge in [0, 0.05) is 24.5 Å². The number of carbonyl (C=O) groups is 2. The van der Waals surface area contributed by atoms with Gasteiger partial charge in [-0.3, -0.25) is 9.59 Å². The maximum atomic E-state index is 12.9. The third-order valence-corrected chi connectivity index (χ3v) is 7.19. The van der Waals surface area contributed by atoms with Crippen molar-refractivity contribution in [1.29, 1.82) is 5.26 Å². The molecule has 180 valence electrons. The van der Waals surface area contributed by atoms with Crippen molar-refractivity contribution in [3.63, 3.8) is 0 Å². The molecule has 1 unspecified atom stereocenters. The summed E-state index contributed by atoms with van der Waals surface area (Å²) >= 11 is 5.92. The molecule has 3 rings (SSSR count). The average Bonchev–Trinajstić information content (AvgIpc) is 3.34. The first-order valence-electron chi connectivity index (χ1n) is 12.2. The number of amides is 2. The Hall–Kier alpha value is -2.84. The van der Waals surface area contributed by atoms with Crippen molar-refractivity contribution in [3.05, 3.63) is 70.7 Å². The highest BCUT2D eigenvalue weighted by Gasteiger charge is 2.36. The number of halogens is 1. The first-order valence-corrected chi connectivity index (χ1v) is 12.5. The van der Waals surface area contributed by atoms with E-state index in [4.69, 9.17) is 11.6 Å². The number of nitriles is 1. The zero-order valence-corrected chi connectivity index (χ0v) is 20.9. The van der Waals surface area contributed by atoms with Crippen molar-refractivity contribution in [2.24, 2.45) is 5.92 Å². The minimum atomic E-state index is -0.554. The van der Waals surface area contributed by atoms with E-state index in [1.54, 1.807) is 17.0 Å². The standard InChI is InChI=1S/C28H34ClN3O2/c1-21(2)28(20-30,23-9-4-3-5-10-23)17-7-6-12-26(33)32-18-8-11-25(32)27(34)31-19-22-13-15-24(29)16-14-22/h3-5,9-10,13-16,21,25H,6-8,11-12,17-19H2,1-2H3,(H,31,34)/t25-,28?/m1/s1. The van der Waals surface area contributed by atoms with Gasteiger partial charge in [0.05, 0.1) is 11.5 Å². The van der Waals surface area contributed by atoms with Crippen molar-refractivity contribution in [2.75, 3.05) is 6.54 Å². The number of likely N-dealkylation sites (tertiary alicyclic amines) is 1. The van der Waals surface area contributed by atoms with E-state index in [1.165, 1.54) is 0 Å². The molecule has 6 heteroatoms. The lowest BCUT2D eigenvalue weighted by atomic mass is 9.69. The van der Waals surface area contributed by atoms with Gasteiger partial charge < -0.3 is 10.2 Å². The van der Waals surface area contributed by atoms with Crippen molar-refractivity contribution < 1.29 is 9.59 Å². The van der Waals surface area contributed by atoms with Crippen LogP contribution in [-0.4, -0.2) is 29.3 Å². The van der Waals surface area contributed by atoms with Crippen LogP contribution in [0.5, 0.6) is 0 Å². The molecule has 5 nitrogen and oxygen atoms in total. The summed E-state index contributed by atoms with van der Waals surface area (Å²) in [7, 11) is 0.